The van der Waals surface area contributed by atoms with E-state index in [1.807, 2.05) is 25.1 Å². The number of benzene rings is 1. The van der Waals surface area contributed by atoms with Gasteiger partial charge in [-0.3, -0.25) is 4.79 Å². The average molecular weight is 255 g/mol. The van der Waals surface area contributed by atoms with Gasteiger partial charge in [0.05, 0.1) is 24.6 Å². The maximum absolute atomic E-state index is 12.3. The molecule has 0 heterocycles. The predicted molar refractivity (Wildman–Crippen MR) is 74.3 cm³/mol. The first-order valence-electron chi connectivity index (χ1n) is 6.02. The summed E-state index contributed by atoms with van der Waals surface area (Å²) in [5.74, 6) is 5.55. The Morgan fingerprint density at radius 2 is 2.21 bits per heavy atom. The second-order valence-electron chi connectivity index (χ2n) is 4.19. The van der Waals surface area contributed by atoms with Crippen LogP contribution in [0.15, 0.2) is 18.2 Å². The smallest absolute Gasteiger partial charge is 0.254 e. The number of nitrogens with two attached hydrogens (primary N) is 1. The van der Waals surface area contributed by atoms with E-state index in [2.05, 4.69) is 11.8 Å². The van der Waals surface area contributed by atoms with Crippen molar-refractivity contribution in [3.05, 3.63) is 34.9 Å². The molecule has 0 atom stereocenters. The molecule has 2 N–H and O–H groups in total. The quantitative estimate of drug-likeness (QED) is 0.827. The highest BCUT2D eigenvalue weighted by molar-refractivity contribution is 5.96. The second-order valence-corrected chi connectivity index (χ2v) is 4.19. The number of amides is 1. The number of hydrogen-bond acceptors (Lipinski definition) is 3. The summed E-state index contributed by atoms with van der Waals surface area (Å²) in [4.78, 5) is 13.8. The van der Waals surface area contributed by atoms with Crippen LogP contribution in [0.5, 0.6) is 0 Å². The third-order valence-electron chi connectivity index (χ3n) is 2.64. The lowest BCUT2D eigenvalue weighted by Crippen LogP contribution is -2.28. The van der Waals surface area contributed by atoms with Gasteiger partial charge in [-0.05, 0) is 24.6 Å². The summed E-state index contributed by atoms with van der Waals surface area (Å²) >= 11 is 0. The molecule has 19 heavy (non-hydrogen) atoms. The SMILES string of the molecule is Cc1ccc(C(=O)N(C)CCC#N)c(C#CCN)c1. The van der Waals surface area contributed by atoms with Crippen LogP contribution in [0.25, 0.3) is 0 Å². The van der Waals surface area contributed by atoms with Crippen molar-refractivity contribution < 1.29 is 4.79 Å². The van der Waals surface area contributed by atoms with Crippen molar-refractivity contribution >= 4 is 5.91 Å². The summed E-state index contributed by atoms with van der Waals surface area (Å²) < 4.78 is 0. The molecule has 0 saturated heterocycles. The lowest BCUT2D eigenvalue weighted by Gasteiger charge is -2.16. The van der Waals surface area contributed by atoms with E-state index in [0.717, 1.165) is 5.56 Å². The van der Waals surface area contributed by atoms with Crippen LogP contribution in [0.3, 0.4) is 0 Å². The third-order valence-corrected chi connectivity index (χ3v) is 2.64. The first kappa shape index (κ1) is 14.8. The van der Waals surface area contributed by atoms with Crippen molar-refractivity contribution in [3.63, 3.8) is 0 Å². The summed E-state index contributed by atoms with van der Waals surface area (Å²) in [6, 6.07) is 7.53. The molecule has 4 nitrogen and oxygen atoms in total. The number of nitriles is 1. The molecule has 0 aliphatic rings. The molecule has 0 radical (unpaired) electrons. The fraction of sp³-hybridized carbons (Fsp3) is 0.333. The lowest BCUT2D eigenvalue weighted by molar-refractivity contribution is 0.0798. The molecular weight excluding hydrogens is 238 g/mol. The Labute approximate surface area is 113 Å². The number of hydrogen-bond donors (Lipinski definition) is 1. The summed E-state index contributed by atoms with van der Waals surface area (Å²) in [5, 5.41) is 8.55. The Kier molecular flexibility index (Phi) is 5.60. The van der Waals surface area contributed by atoms with Crippen LogP contribution in [0, 0.1) is 30.1 Å². The molecule has 0 aliphatic carbocycles. The van der Waals surface area contributed by atoms with E-state index < -0.39 is 0 Å². The van der Waals surface area contributed by atoms with E-state index in [1.165, 1.54) is 4.90 Å². The molecule has 1 aromatic carbocycles. The fourth-order valence-corrected chi connectivity index (χ4v) is 1.62. The van der Waals surface area contributed by atoms with E-state index in [-0.39, 0.29) is 12.5 Å². The Morgan fingerprint density at radius 3 is 2.84 bits per heavy atom. The minimum Gasteiger partial charge on any atom is -0.341 e. The monoisotopic (exact) mass is 255 g/mol. The first-order valence-corrected chi connectivity index (χ1v) is 6.02. The molecular formula is C15H17N3O. The van der Waals surface area contributed by atoms with Crippen LogP contribution in [0.4, 0.5) is 0 Å². The topological polar surface area (TPSA) is 70.1 Å². The van der Waals surface area contributed by atoms with E-state index in [1.54, 1.807) is 13.1 Å². The molecule has 98 valence electrons. The Morgan fingerprint density at radius 1 is 1.47 bits per heavy atom. The summed E-state index contributed by atoms with van der Waals surface area (Å²) in [5.41, 5.74) is 7.63. The van der Waals surface area contributed by atoms with Gasteiger partial charge in [0.1, 0.15) is 0 Å². The van der Waals surface area contributed by atoms with Gasteiger partial charge in [0.15, 0.2) is 0 Å². The molecule has 0 aromatic heterocycles. The number of rotatable bonds is 3. The maximum Gasteiger partial charge on any atom is 0.254 e. The van der Waals surface area contributed by atoms with Crippen LogP contribution < -0.4 is 5.73 Å². The molecule has 0 bridgehead atoms. The van der Waals surface area contributed by atoms with E-state index in [4.69, 9.17) is 11.0 Å². The van der Waals surface area contributed by atoms with Gasteiger partial charge in [-0.1, -0.05) is 17.9 Å². The Bertz CT molecular complexity index is 561. The Balaban J connectivity index is 3.05. The van der Waals surface area contributed by atoms with Crippen LogP contribution >= 0.6 is 0 Å². The molecule has 0 unspecified atom stereocenters. The molecule has 1 amide bonds. The molecule has 1 rings (SSSR count). The van der Waals surface area contributed by atoms with Gasteiger partial charge in [-0.25, -0.2) is 0 Å². The average Bonchev–Trinajstić information content (AvgIpc) is 2.41. The van der Waals surface area contributed by atoms with Gasteiger partial charge < -0.3 is 10.6 Å². The highest BCUT2D eigenvalue weighted by Crippen LogP contribution is 2.13. The molecule has 0 spiro atoms. The largest absolute Gasteiger partial charge is 0.341 e. The summed E-state index contributed by atoms with van der Waals surface area (Å²) in [6.45, 7) is 2.61. The van der Waals surface area contributed by atoms with E-state index in [9.17, 15) is 4.79 Å². The normalized spacial score (nSPS) is 9.16. The maximum atomic E-state index is 12.3. The second kappa shape index (κ2) is 7.20. The van der Waals surface area contributed by atoms with Gasteiger partial charge in [0.25, 0.3) is 5.91 Å². The van der Waals surface area contributed by atoms with E-state index >= 15 is 0 Å². The minimum atomic E-state index is -0.128. The van der Waals surface area contributed by atoms with Crippen LogP contribution in [0.1, 0.15) is 27.9 Å². The van der Waals surface area contributed by atoms with Crippen molar-refractivity contribution in [1.82, 2.24) is 4.90 Å². The zero-order valence-electron chi connectivity index (χ0n) is 11.2. The lowest BCUT2D eigenvalue weighted by atomic mass is 10.0. The van der Waals surface area contributed by atoms with Gasteiger partial charge in [0.2, 0.25) is 0 Å². The zero-order chi connectivity index (χ0) is 14.3. The number of carbonyl (C=O) groups excluding carboxylic acids is 1. The van der Waals surface area contributed by atoms with Gasteiger partial charge >= 0.3 is 0 Å². The highest BCUT2D eigenvalue weighted by Gasteiger charge is 2.14. The van der Waals surface area contributed by atoms with Crippen molar-refractivity contribution in [1.29, 1.82) is 5.26 Å². The first-order chi connectivity index (χ1) is 9.10. The fourth-order valence-electron chi connectivity index (χ4n) is 1.62. The molecule has 1 aromatic rings. The zero-order valence-corrected chi connectivity index (χ0v) is 11.2. The van der Waals surface area contributed by atoms with Crippen LogP contribution in [-0.4, -0.2) is 30.9 Å². The van der Waals surface area contributed by atoms with Crippen molar-refractivity contribution in [2.24, 2.45) is 5.73 Å². The highest BCUT2D eigenvalue weighted by atomic mass is 16.2. The number of aryl methyl sites for hydroxylation is 1. The number of carbonyl (C=O) groups is 1. The molecule has 0 saturated carbocycles. The molecule has 0 fully saturated rings. The molecule has 4 heteroatoms. The van der Waals surface area contributed by atoms with Crippen molar-refractivity contribution in [3.8, 4) is 17.9 Å². The van der Waals surface area contributed by atoms with Crippen LogP contribution in [0.2, 0.25) is 0 Å². The van der Waals surface area contributed by atoms with Crippen molar-refractivity contribution in [2.75, 3.05) is 20.1 Å². The van der Waals surface area contributed by atoms with Gasteiger partial charge in [0, 0.05) is 19.2 Å². The van der Waals surface area contributed by atoms with Gasteiger partial charge in [-0.2, -0.15) is 5.26 Å². The Hall–Kier alpha value is -2.30. The van der Waals surface area contributed by atoms with Crippen molar-refractivity contribution in [2.45, 2.75) is 13.3 Å². The molecule has 0 aliphatic heterocycles. The van der Waals surface area contributed by atoms with Crippen LogP contribution in [-0.2, 0) is 0 Å². The standard InChI is InChI=1S/C15H17N3O/c1-12-6-7-14(13(11-12)5-3-8-16)15(19)18(2)10-4-9-17/h6-7,11H,4,8,10,16H2,1-2H3. The van der Waals surface area contributed by atoms with Gasteiger partial charge in [-0.15, -0.1) is 0 Å². The third kappa shape index (κ3) is 4.13. The van der Waals surface area contributed by atoms with E-state index in [0.29, 0.717) is 24.1 Å². The summed E-state index contributed by atoms with van der Waals surface area (Å²) in [6.07, 6.45) is 0.317. The summed E-state index contributed by atoms with van der Waals surface area (Å²) in [7, 11) is 1.68. The predicted octanol–water partition coefficient (Wildman–Crippen LogP) is 1.29. The minimum absolute atomic E-state index is 0.128. The number of nitrogens with zero attached hydrogens (tertiary/aromatic N) is 2.